The van der Waals surface area contributed by atoms with Crippen molar-refractivity contribution in [2.45, 2.75) is 90.8 Å². The molecule has 2 rings (SSSR count). The van der Waals surface area contributed by atoms with Crippen molar-refractivity contribution in [1.29, 1.82) is 0 Å². The highest BCUT2D eigenvalue weighted by Gasteiger charge is 2.46. The summed E-state index contributed by atoms with van der Waals surface area (Å²) in [7, 11) is 0. The first-order chi connectivity index (χ1) is 12.7. The number of ether oxygens (including phenoxy) is 3. The number of nitrogens with zero attached hydrogens (tertiary/aromatic N) is 3. The lowest BCUT2D eigenvalue weighted by Crippen LogP contribution is -2.56. The fourth-order valence-electron chi connectivity index (χ4n) is 3.91. The lowest BCUT2D eigenvalue weighted by atomic mass is 9.83. The molecule has 2 saturated heterocycles. The molecule has 2 aliphatic heterocycles. The molecular weight excluding hydrogens is 354 g/mol. The van der Waals surface area contributed by atoms with Gasteiger partial charge in [0.05, 0.1) is 36.6 Å². The summed E-state index contributed by atoms with van der Waals surface area (Å²) >= 11 is 0. The molecule has 0 amide bonds. The van der Waals surface area contributed by atoms with Gasteiger partial charge in [-0.25, -0.2) is 0 Å². The Kier molecular flexibility index (Phi) is 9.39. The van der Waals surface area contributed by atoms with E-state index in [0.29, 0.717) is 0 Å². The number of hydrogen-bond donors (Lipinski definition) is 1. The summed E-state index contributed by atoms with van der Waals surface area (Å²) in [6.45, 7) is 12.0. The van der Waals surface area contributed by atoms with Gasteiger partial charge in [0, 0.05) is 10.8 Å². The zero-order chi connectivity index (χ0) is 20.7. The van der Waals surface area contributed by atoms with E-state index in [2.05, 4.69) is 16.9 Å². The Balaban J connectivity index is 0.00000114. The van der Waals surface area contributed by atoms with Crippen LogP contribution < -0.4 is 0 Å². The molecule has 0 saturated carbocycles. The minimum Gasteiger partial charge on any atom is -0.390 e. The average molecular weight is 385 g/mol. The van der Waals surface area contributed by atoms with Crippen LogP contribution in [0, 0.1) is 17.8 Å². The van der Waals surface area contributed by atoms with E-state index in [1.807, 2.05) is 34.6 Å². The molecule has 0 aromatic rings. The van der Waals surface area contributed by atoms with Gasteiger partial charge in [-0.2, -0.15) is 9.59 Å². The van der Waals surface area contributed by atoms with E-state index in [1.165, 1.54) is 0 Å². The lowest BCUT2D eigenvalue weighted by Gasteiger charge is -2.47. The zero-order valence-corrected chi connectivity index (χ0v) is 16.8. The first-order valence-electron chi connectivity index (χ1n) is 9.41. The first-order valence-corrected chi connectivity index (χ1v) is 9.41. The van der Waals surface area contributed by atoms with Crippen LogP contribution in [0.5, 0.6) is 0 Å². The second-order valence-corrected chi connectivity index (χ2v) is 7.44. The van der Waals surface area contributed by atoms with Crippen molar-refractivity contribution in [3.05, 3.63) is 10.4 Å². The summed E-state index contributed by atoms with van der Waals surface area (Å²) in [4.78, 5) is 19.2. The Morgan fingerprint density at radius 1 is 1.07 bits per heavy atom. The number of rotatable bonds is 4. The van der Waals surface area contributed by atoms with Crippen LogP contribution in [-0.4, -0.2) is 54.1 Å². The largest absolute Gasteiger partial charge is 0.390 e. The standard InChI is InChI=1S/C17H31N3O4.CO2/c1-7-13-16(10(4)14(19-20-18)11(5)22-13)24-17-9(3)8(2)15(21)12(6)23-17;2-1-3/h8-17,21H,7H2,1-6H3;/t8-,9?,10-,11-,12?,13?,14?,15+,16+,17+;/m1./s1. The predicted molar refractivity (Wildman–Crippen MR) is 95.3 cm³/mol. The fraction of sp³-hybridized carbons (Fsp3) is 0.944. The molecule has 27 heavy (non-hydrogen) atoms. The minimum absolute atomic E-state index is 0.0304. The molecule has 0 spiro atoms. The van der Waals surface area contributed by atoms with Gasteiger partial charge in [-0.3, -0.25) is 0 Å². The third-order valence-electron chi connectivity index (χ3n) is 5.80. The maximum absolute atomic E-state index is 10.2. The van der Waals surface area contributed by atoms with E-state index < -0.39 is 12.4 Å². The number of carbonyl (C=O) groups excluding carboxylic acids is 2. The van der Waals surface area contributed by atoms with Crippen molar-refractivity contribution >= 4 is 6.15 Å². The molecule has 154 valence electrons. The molecule has 10 atom stereocenters. The molecule has 4 unspecified atom stereocenters. The highest BCUT2D eigenvalue weighted by Crippen LogP contribution is 2.37. The molecule has 0 radical (unpaired) electrons. The van der Waals surface area contributed by atoms with Crippen molar-refractivity contribution in [3.63, 3.8) is 0 Å². The van der Waals surface area contributed by atoms with Gasteiger partial charge in [0.1, 0.15) is 0 Å². The highest BCUT2D eigenvalue weighted by molar-refractivity contribution is 5.20. The average Bonchev–Trinajstić information content (AvgIpc) is 2.63. The summed E-state index contributed by atoms with van der Waals surface area (Å²) in [6, 6.07) is -0.262. The minimum atomic E-state index is -0.488. The van der Waals surface area contributed by atoms with Gasteiger partial charge >= 0.3 is 6.15 Å². The van der Waals surface area contributed by atoms with Gasteiger partial charge in [-0.05, 0) is 37.6 Å². The second-order valence-electron chi connectivity index (χ2n) is 7.44. The third-order valence-corrected chi connectivity index (χ3v) is 5.80. The van der Waals surface area contributed by atoms with E-state index in [0.717, 1.165) is 6.42 Å². The van der Waals surface area contributed by atoms with E-state index in [9.17, 15) is 5.11 Å². The molecular formula is C18H31N3O6. The molecule has 0 aromatic carbocycles. The predicted octanol–water partition coefficient (Wildman–Crippen LogP) is 2.68. The summed E-state index contributed by atoms with van der Waals surface area (Å²) in [5.41, 5.74) is 8.83. The molecule has 9 heteroatoms. The molecule has 2 heterocycles. The Hall–Kier alpha value is -1.47. The van der Waals surface area contributed by atoms with Crippen LogP contribution in [0.3, 0.4) is 0 Å². The lowest BCUT2D eigenvalue weighted by molar-refractivity contribution is -0.300. The van der Waals surface area contributed by atoms with E-state index >= 15 is 0 Å². The number of hydrogen-bond acceptors (Lipinski definition) is 7. The topological polar surface area (TPSA) is 131 Å². The van der Waals surface area contributed by atoms with Crippen LogP contribution in [0.1, 0.15) is 48.0 Å². The Labute approximate surface area is 160 Å². The van der Waals surface area contributed by atoms with Gasteiger partial charge in [0.15, 0.2) is 6.29 Å². The molecule has 0 aromatic heterocycles. The highest BCUT2D eigenvalue weighted by atomic mass is 16.7. The van der Waals surface area contributed by atoms with Crippen LogP contribution in [-0.2, 0) is 23.8 Å². The number of aliphatic hydroxyl groups is 1. The Bertz CT molecular complexity index is 549. The van der Waals surface area contributed by atoms with E-state index in [4.69, 9.17) is 29.3 Å². The van der Waals surface area contributed by atoms with E-state index in [1.54, 1.807) is 0 Å². The van der Waals surface area contributed by atoms with Crippen molar-refractivity contribution in [3.8, 4) is 0 Å². The molecule has 9 nitrogen and oxygen atoms in total. The van der Waals surface area contributed by atoms with Crippen molar-refractivity contribution in [2.75, 3.05) is 0 Å². The number of azide groups is 1. The quantitative estimate of drug-likeness (QED) is 0.450. The van der Waals surface area contributed by atoms with Crippen LogP contribution in [0.25, 0.3) is 10.4 Å². The van der Waals surface area contributed by atoms with Crippen LogP contribution in [0.15, 0.2) is 5.11 Å². The second kappa shape index (κ2) is 10.8. The SMILES string of the molecule is CCC1O[C@H](C)C(N=[N+]=[N-])[C@@H](C)[C@@H]1O[C@@H]1OC(C)[C@@H](O)[C@H](C)C1C.O=C=O. The summed E-state index contributed by atoms with van der Waals surface area (Å²) < 4.78 is 18.3. The first kappa shape index (κ1) is 23.6. The normalized spacial score (nSPS) is 44.3. The van der Waals surface area contributed by atoms with Gasteiger partial charge in [-0.15, -0.1) is 0 Å². The summed E-state index contributed by atoms with van der Waals surface area (Å²) in [5.74, 6) is 0.187. The molecule has 2 fully saturated rings. The van der Waals surface area contributed by atoms with Crippen LogP contribution in [0.4, 0.5) is 0 Å². The zero-order valence-electron chi connectivity index (χ0n) is 16.8. The van der Waals surface area contributed by atoms with Gasteiger partial charge in [-0.1, -0.05) is 32.8 Å². The maximum Gasteiger partial charge on any atom is 0.373 e. The molecule has 0 bridgehead atoms. The third kappa shape index (κ3) is 5.51. The van der Waals surface area contributed by atoms with Crippen molar-refractivity contribution in [2.24, 2.45) is 22.9 Å². The van der Waals surface area contributed by atoms with Crippen LogP contribution in [0.2, 0.25) is 0 Å². The number of aliphatic hydroxyl groups excluding tert-OH is 1. The van der Waals surface area contributed by atoms with Gasteiger partial charge < -0.3 is 19.3 Å². The van der Waals surface area contributed by atoms with Gasteiger partial charge in [0.25, 0.3) is 0 Å². The van der Waals surface area contributed by atoms with Gasteiger partial charge in [0.2, 0.25) is 0 Å². The Morgan fingerprint density at radius 3 is 2.19 bits per heavy atom. The van der Waals surface area contributed by atoms with Crippen molar-refractivity contribution in [1.82, 2.24) is 0 Å². The molecule has 0 aliphatic carbocycles. The maximum atomic E-state index is 10.2. The molecule has 1 N–H and O–H groups in total. The van der Waals surface area contributed by atoms with E-state index in [-0.39, 0.29) is 54.4 Å². The summed E-state index contributed by atoms with van der Waals surface area (Å²) in [5, 5.41) is 14.1. The smallest absolute Gasteiger partial charge is 0.373 e. The monoisotopic (exact) mass is 385 g/mol. The fourth-order valence-corrected chi connectivity index (χ4v) is 3.91. The molecule has 2 aliphatic rings. The van der Waals surface area contributed by atoms with Crippen molar-refractivity contribution < 1.29 is 28.9 Å². The van der Waals surface area contributed by atoms with Crippen LogP contribution >= 0.6 is 0 Å². The summed E-state index contributed by atoms with van der Waals surface area (Å²) in [6.07, 6.45) is -0.492. The Morgan fingerprint density at radius 2 is 1.67 bits per heavy atom.